The number of rotatable bonds is 6. The predicted octanol–water partition coefficient (Wildman–Crippen LogP) is 4.96. The van der Waals surface area contributed by atoms with Crippen LogP contribution in [0.1, 0.15) is 45.1 Å². The van der Waals surface area contributed by atoms with Crippen LogP contribution < -0.4 is 5.32 Å². The maximum Gasteiger partial charge on any atom is 0.0741 e. The van der Waals surface area contributed by atoms with Gasteiger partial charge in [-0.05, 0) is 44.7 Å². The first-order chi connectivity index (χ1) is 9.87. The molecular formula is C18H27NOS. The number of nitrogens with one attached hydrogen (secondary N) is 1. The molecule has 0 aliphatic rings. The molecule has 2 nitrogen and oxygen atoms in total. The fourth-order valence-corrected chi connectivity index (χ4v) is 3.39. The maximum absolute atomic E-state index is 6.03. The smallest absolute Gasteiger partial charge is 0.0741 e. The third-order valence-corrected chi connectivity index (χ3v) is 4.48. The molecule has 2 aromatic rings. The van der Waals surface area contributed by atoms with E-state index in [1.165, 1.54) is 20.5 Å². The predicted molar refractivity (Wildman–Crippen MR) is 92.9 cm³/mol. The van der Waals surface area contributed by atoms with E-state index in [1.54, 1.807) is 0 Å². The summed E-state index contributed by atoms with van der Waals surface area (Å²) in [6.45, 7) is 13.5. The molecule has 0 bridgehead atoms. The first-order valence-corrected chi connectivity index (χ1v) is 8.52. The summed E-state index contributed by atoms with van der Waals surface area (Å²) in [5, 5.41) is 4.90. The minimum atomic E-state index is -0.105. The molecule has 0 aliphatic heterocycles. The molecule has 1 aromatic heterocycles. The molecule has 0 fully saturated rings. The van der Waals surface area contributed by atoms with Crippen molar-refractivity contribution in [2.75, 3.05) is 6.54 Å². The second kappa shape index (κ2) is 6.91. The normalized spacial score (nSPS) is 12.5. The molecule has 3 heteroatoms. The van der Waals surface area contributed by atoms with Crippen LogP contribution in [-0.4, -0.2) is 12.1 Å². The maximum atomic E-state index is 6.03. The van der Waals surface area contributed by atoms with E-state index in [1.807, 2.05) is 11.3 Å². The topological polar surface area (TPSA) is 21.3 Å². The van der Waals surface area contributed by atoms with Gasteiger partial charge in [0.25, 0.3) is 0 Å². The van der Waals surface area contributed by atoms with Gasteiger partial charge in [-0.1, -0.05) is 32.0 Å². The molecule has 0 saturated carbocycles. The Morgan fingerprint density at radius 1 is 1.19 bits per heavy atom. The summed E-state index contributed by atoms with van der Waals surface area (Å²) in [5.41, 5.74) is 1.24. The van der Waals surface area contributed by atoms with E-state index < -0.39 is 0 Å². The summed E-state index contributed by atoms with van der Waals surface area (Å²) in [6, 6.07) is 8.63. The zero-order chi connectivity index (χ0) is 15.5. The third-order valence-electron chi connectivity index (χ3n) is 3.27. The molecule has 0 unspecified atom stereocenters. The Hall–Kier alpha value is -0.900. The van der Waals surface area contributed by atoms with Crippen molar-refractivity contribution in [1.82, 2.24) is 5.32 Å². The van der Waals surface area contributed by atoms with Crippen LogP contribution in [0.2, 0.25) is 0 Å². The average Bonchev–Trinajstić information content (AvgIpc) is 2.72. The fraction of sp³-hybridized carbons (Fsp3) is 0.556. The van der Waals surface area contributed by atoms with Crippen molar-refractivity contribution in [1.29, 1.82) is 0 Å². The summed E-state index contributed by atoms with van der Waals surface area (Å²) in [7, 11) is 0. The van der Waals surface area contributed by atoms with E-state index in [2.05, 4.69) is 64.2 Å². The fourth-order valence-electron chi connectivity index (χ4n) is 2.21. The van der Waals surface area contributed by atoms with Crippen LogP contribution in [0, 0.1) is 5.92 Å². The molecule has 2 rings (SSSR count). The van der Waals surface area contributed by atoms with Crippen molar-refractivity contribution < 1.29 is 4.74 Å². The zero-order valence-electron chi connectivity index (χ0n) is 13.8. The Kier molecular flexibility index (Phi) is 5.42. The van der Waals surface area contributed by atoms with Gasteiger partial charge in [0.1, 0.15) is 0 Å². The van der Waals surface area contributed by atoms with Gasteiger partial charge in [-0.15, -0.1) is 11.3 Å². The quantitative estimate of drug-likeness (QED) is 0.814. The van der Waals surface area contributed by atoms with Crippen molar-refractivity contribution in [3.05, 3.63) is 34.7 Å². The molecule has 0 spiro atoms. The average molecular weight is 305 g/mol. The lowest BCUT2D eigenvalue weighted by molar-refractivity contribution is -0.0145. The molecule has 116 valence electrons. The van der Waals surface area contributed by atoms with E-state index in [9.17, 15) is 0 Å². The van der Waals surface area contributed by atoms with Gasteiger partial charge < -0.3 is 10.1 Å². The second-order valence-corrected chi connectivity index (χ2v) is 8.06. The molecule has 1 heterocycles. The van der Waals surface area contributed by atoms with Crippen LogP contribution in [0.15, 0.2) is 24.3 Å². The lowest BCUT2D eigenvalue weighted by atomic mass is 10.1. The standard InChI is InChI=1S/C18H27NOS/c1-13(2)10-19-11-17-15(12-20-18(3,4)5)14-8-6-7-9-16(14)21-17/h6-9,13,19H,10-12H2,1-5H3. The number of hydrogen-bond acceptors (Lipinski definition) is 3. The molecule has 0 atom stereocenters. The Morgan fingerprint density at radius 2 is 1.90 bits per heavy atom. The van der Waals surface area contributed by atoms with Gasteiger partial charge in [0.2, 0.25) is 0 Å². The van der Waals surface area contributed by atoms with Crippen LogP contribution in [0.4, 0.5) is 0 Å². The van der Waals surface area contributed by atoms with Crippen molar-refractivity contribution >= 4 is 21.4 Å². The monoisotopic (exact) mass is 305 g/mol. The lowest BCUT2D eigenvalue weighted by Gasteiger charge is -2.20. The van der Waals surface area contributed by atoms with Crippen LogP contribution in [0.3, 0.4) is 0 Å². The molecule has 0 aliphatic carbocycles. The van der Waals surface area contributed by atoms with Crippen LogP contribution in [-0.2, 0) is 17.9 Å². The number of thiophene rings is 1. The van der Waals surface area contributed by atoms with Crippen molar-refractivity contribution in [3.63, 3.8) is 0 Å². The van der Waals surface area contributed by atoms with Crippen molar-refractivity contribution in [2.45, 2.75) is 53.4 Å². The molecule has 1 N–H and O–H groups in total. The van der Waals surface area contributed by atoms with Gasteiger partial charge in [-0.2, -0.15) is 0 Å². The van der Waals surface area contributed by atoms with E-state index in [0.29, 0.717) is 12.5 Å². The lowest BCUT2D eigenvalue weighted by Crippen LogP contribution is -2.21. The first-order valence-electron chi connectivity index (χ1n) is 7.71. The molecule has 0 saturated heterocycles. The summed E-state index contributed by atoms with van der Waals surface area (Å²) in [6.07, 6.45) is 0. The van der Waals surface area contributed by atoms with Gasteiger partial charge in [0.05, 0.1) is 12.2 Å². The van der Waals surface area contributed by atoms with Crippen molar-refractivity contribution in [2.24, 2.45) is 5.92 Å². The van der Waals surface area contributed by atoms with Gasteiger partial charge in [-0.25, -0.2) is 0 Å². The number of ether oxygens (including phenoxy) is 1. The SMILES string of the molecule is CC(C)CNCc1sc2ccccc2c1COC(C)(C)C. The second-order valence-electron chi connectivity index (χ2n) is 6.93. The molecule has 0 radical (unpaired) electrons. The Bertz CT molecular complexity index is 580. The molecular weight excluding hydrogens is 278 g/mol. The summed E-state index contributed by atoms with van der Waals surface area (Å²) in [4.78, 5) is 1.40. The van der Waals surface area contributed by atoms with E-state index >= 15 is 0 Å². The van der Waals surface area contributed by atoms with E-state index in [0.717, 1.165) is 13.1 Å². The molecule has 1 aromatic carbocycles. The van der Waals surface area contributed by atoms with E-state index in [4.69, 9.17) is 4.74 Å². The Balaban J connectivity index is 2.21. The number of fused-ring (bicyclic) bond motifs is 1. The van der Waals surface area contributed by atoms with Crippen LogP contribution >= 0.6 is 11.3 Å². The Labute approximate surface area is 132 Å². The summed E-state index contributed by atoms with van der Waals surface area (Å²) >= 11 is 1.88. The van der Waals surface area contributed by atoms with Gasteiger partial charge in [0, 0.05) is 21.7 Å². The van der Waals surface area contributed by atoms with Gasteiger partial charge >= 0.3 is 0 Å². The van der Waals surface area contributed by atoms with Gasteiger partial charge in [0.15, 0.2) is 0 Å². The number of hydrogen-bond donors (Lipinski definition) is 1. The van der Waals surface area contributed by atoms with Gasteiger partial charge in [-0.3, -0.25) is 0 Å². The summed E-state index contributed by atoms with van der Waals surface area (Å²) in [5.74, 6) is 0.675. The van der Waals surface area contributed by atoms with Crippen molar-refractivity contribution in [3.8, 4) is 0 Å². The van der Waals surface area contributed by atoms with E-state index in [-0.39, 0.29) is 5.60 Å². The first kappa shape index (κ1) is 16.5. The minimum Gasteiger partial charge on any atom is -0.371 e. The Morgan fingerprint density at radius 3 is 2.57 bits per heavy atom. The summed E-state index contributed by atoms with van der Waals surface area (Å²) < 4.78 is 7.38. The number of benzene rings is 1. The molecule has 0 amide bonds. The van der Waals surface area contributed by atoms with Crippen LogP contribution in [0.5, 0.6) is 0 Å². The highest BCUT2D eigenvalue weighted by Gasteiger charge is 2.16. The third kappa shape index (κ3) is 4.80. The largest absolute Gasteiger partial charge is 0.371 e. The molecule has 21 heavy (non-hydrogen) atoms. The highest BCUT2D eigenvalue weighted by molar-refractivity contribution is 7.19. The highest BCUT2D eigenvalue weighted by atomic mass is 32.1. The van der Waals surface area contributed by atoms with Crippen LogP contribution in [0.25, 0.3) is 10.1 Å². The highest BCUT2D eigenvalue weighted by Crippen LogP contribution is 2.32. The zero-order valence-corrected chi connectivity index (χ0v) is 14.6. The minimum absolute atomic E-state index is 0.105.